The summed E-state index contributed by atoms with van der Waals surface area (Å²) in [7, 11) is 0. The fraction of sp³-hybridized carbons (Fsp3) is 0.333. The maximum absolute atomic E-state index is 13.1. The Hall–Kier alpha value is -2.38. The molecule has 1 saturated heterocycles. The molecule has 0 aromatic heterocycles. The molecule has 146 valence electrons. The Balaban J connectivity index is 1.48. The van der Waals surface area contributed by atoms with Crippen molar-refractivity contribution in [2.45, 2.75) is 31.9 Å². The van der Waals surface area contributed by atoms with Crippen LogP contribution in [-0.2, 0) is 16.1 Å². The lowest BCUT2D eigenvalue weighted by molar-refractivity contribution is -0.122. The minimum absolute atomic E-state index is 0.0458. The molecule has 2 fully saturated rings. The van der Waals surface area contributed by atoms with Gasteiger partial charge in [0.15, 0.2) is 0 Å². The van der Waals surface area contributed by atoms with E-state index in [0.29, 0.717) is 18.7 Å². The van der Waals surface area contributed by atoms with Crippen LogP contribution < -0.4 is 10.9 Å². The van der Waals surface area contributed by atoms with Crippen LogP contribution in [0.15, 0.2) is 59.1 Å². The van der Waals surface area contributed by atoms with Crippen molar-refractivity contribution in [3.05, 3.63) is 64.6 Å². The van der Waals surface area contributed by atoms with E-state index in [9.17, 15) is 9.59 Å². The molecule has 7 heteroatoms. The normalized spacial score (nSPS) is 19.5. The van der Waals surface area contributed by atoms with Crippen LogP contribution in [0.5, 0.6) is 0 Å². The molecule has 2 N–H and O–H groups in total. The Kier molecular flexibility index (Phi) is 5.12. The van der Waals surface area contributed by atoms with E-state index >= 15 is 0 Å². The van der Waals surface area contributed by atoms with E-state index in [-0.39, 0.29) is 17.9 Å². The number of benzene rings is 2. The summed E-state index contributed by atoms with van der Waals surface area (Å²) in [6.45, 7) is 0.728. The lowest BCUT2D eigenvalue weighted by atomic mass is 10.0. The number of nitrogens with two attached hydrogens (primary N) is 1. The Morgan fingerprint density at radius 3 is 2.61 bits per heavy atom. The van der Waals surface area contributed by atoms with Crippen LogP contribution in [0.1, 0.15) is 24.8 Å². The molecule has 1 aliphatic carbocycles. The molecular weight excluding hydrogens is 422 g/mol. The lowest BCUT2D eigenvalue weighted by Gasteiger charge is -2.27. The Bertz CT molecular complexity index is 885. The van der Waals surface area contributed by atoms with Crippen LogP contribution >= 0.6 is 15.9 Å². The molecule has 1 heterocycles. The molecule has 1 spiro atoms. The summed E-state index contributed by atoms with van der Waals surface area (Å²) >= 11 is 3.39. The van der Waals surface area contributed by atoms with Crippen molar-refractivity contribution in [3.63, 3.8) is 0 Å². The molecule has 0 bridgehead atoms. The zero-order valence-electron chi connectivity index (χ0n) is 15.4. The number of ether oxygens (including phenoxy) is 1. The van der Waals surface area contributed by atoms with Crippen LogP contribution in [0.25, 0.3) is 0 Å². The Labute approximate surface area is 172 Å². The smallest absolute Gasteiger partial charge is 0.410 e. The van der Waals surface area contributed by atoms with E-state index in [1.807, 2.05) is 42.5 Å². The van der Waals surface area contributed by atoms with Crippen molar-refractivity contribution < 1.29 is 14.3 Å². The highest BCUT2D eigenvalue weighted by atomic mass is 79.9. The Morgan fingerprint density at radius 2 is 1.93 bits per heavy atom. The highest BCUT2D eigenvalue weighted by Crippen LogP contribution is 2.55. The topological polar surface area (TPSA) is 75.9 Å². The summed E-state index contributed by atoms with van der Waals surface area (Å²) in [6.07, 6.45) is 2.23. The standard InChI is InChI=1S/C21H22BrN3O3/c22-16-7-4-8-17(11-16)25(23)19(26)18-12-21(9-10-21)14-24(18)20(27)28-13-15-5-2-1-3-6-15/h1-8,11,18H,9-10,12-14,23H2. The first-order chi connectivity index (χ1) is 13.5. The molecule has 1 aliphatic heterocycles. The van der Waals surface area contributed by atoms with E-state index < -0.39 is 12.1 Å². The van der Waals surface area contributed by atoms with Gasteiger partial charge >= 0.3 is 6.09 Å². The van der Waals surface area contributed by atoms with Gasteiger partial charge in [-0.2, -0.15) is 0 Å². The van der Waals surface area contributed by atoms with Gasteiger partial charge in [0.2, 0.25) is 0 Å². The zero-order valence-corrected chi connectivity index (χ0v) is 17.0. The summed E-state index contributed by atoms with van der Waals surface area (Å²) < 4.78 is 6.32. The van der Waals surface area contributed by atoms with E-state index in [2.05, 4.69) is 15.9 Å². The highest BCUT2D eigenvalue weighted by molar-refractivity contribution is 9.10. The SMILES string of the molecule is NN(C(=O)C1CC2(CC2)CN1C(=O)OCc1ccccc1)c1cccc(Br)c1. The first-order valence-electron chi connectivity index (χ1n) is 9.29. The van der Waals surface area contributed by atoms with Gasteiger partial charge in [-0.3, -0.25) is 9.69 Å². The van der Waals surface area contributed by atoms with Crippen molar-refractivity contribution in [2.24, 2.45) is 11.3 Å². The molecule has 2 aromatic carbocycles. The Morgan fingerprint density at radius 1 is 1.18 bits per heavy atom. The van der Waals surface area contributed by atoms with Gasteiger partial charge < -0.3 is 4.74 Å². The van der Waals surface area contributed by atoms with Gasteiger partial charge in [0, 0.05) is 11.0 Å². The fourth-order valence-corrected chi connectivity index (χ4v) is 4.11. The number of hydrogen-bond donors (Lipinski definition) is 1. The number of carbonyl (C=O) groups excluding carboxylic acids is 2. The van der Waals surface area contributed by atoms with Crippen molar-refractivity contribution in [1.29, 1.82) is 0 Å². The van der Waals surface area contributed by atoms with Crippen molar-refractivity contribution in [3.8, 4) is 0 Å². The average molecular weight is 444 g/mol. The summed E-state index contributed by atoms with van der Waals surface area (Å²) in [6, 6.07) is 16.1. The summed E-state index contributed by atoms with van der Waals surface area (Å²) in [5.74, 6) is 5.81. The van der Waals surface area contributed by atoms with E-state index in [1.54, 1.807) is 17.0 Å². The van der Waals surface area contributed by atoms with Gasteiger partial charge in [-0.25, -0.2) is 15.6 Å². The third kappa shape index (κ3) is 3.91. The zero-order chi connectivity index (χ0) is 19.7. The number of likely N-dealkylation sites (tertiary alicyclic amines) is 1. The van der Waals surface area contributed by atoms with Crippen molar-refractivity contribution in [2.75, 3.05) is 11.6 Å². The first kappa shape index (κ1) is 19.0. The van der Waals surface area contributed by atoms with Gasteiger partial charge in [0.1, 0.15) is 12.6 Å². The molecule has 2 aromatic rings. The molecule has 2 aliphatic rings. The second-order valence-electron chi connectivity index (χ2n) is 7.58. The largest absolute Gasteiger partial charge is 0.445 e. The number of halogens is 1. The fourth-order valence-electron chi connectivity index (χ4n) is 3.72. The molecule has 1 atom stereocenters. The molecule has 0 radical (unpaired) electrons. The quantitative estimate of drug-likeness (QED) is 0.442. The second-order valence-corrected chi connectivity index (χ2v) is 8.49. The van der Waals surface area contributed by atoms with Crippen LogP contribution in [0.3, 0.4) is 0 Å². The van der Waals surface area contributed by atoms with Crippen LogP contribution in [0, 0.1) is 5.41 Å². The van der Waals surface area contributed by atoms with Gasteiger partial charge in [-0.05, 0) is 48.4 Å². The number of amides is 2. The predicted molar refractivity (Wildman–Crippen MR) is 109 cm³/mol. The monoisotopic (exact) mass is 443 g/mol. The number of hydrazine groups is 1. The van der Waals surface area contributed by atoms with Gasteiger partial charge in [-0.1, -0.05) is 52.3 Å². The lowest BCUT2D eigenvalue weighted by Crippen LogP contribution is -2.50. The number of hydrogen-bond acceptors (Lipinski definition) is 4. The molecule has 28 heavy (non-hydrogen) atoms. The third-order valence-corrected chi connectivity index (χ3v) is 6.01. The van der Waals surface area contributed by atoms with Gasteiger partial charge in [0.05, 0.1) is 5.69 Å². The van der Waals surface area contributed by atoms with E-state index in [4.69, 9.17) is 10.6 Å². The summed E-state index contributed by atoms with van der Waals surface area (Å²) in [5, 5.41) is 1.13. The highest BCUT2D eigenvalue weighted by Gasteiger charge is 2.56. The molecule has 4 rings (SSSR count). The number of nitrogens with zero attached hydrogens (tertiary/aromatic N) is 2. The number of carbonyl (C=O) groups is 2. The molecule has 6 nitrogen and oxygen atoms in total. The van der Waals surface area contributed by atoms with Crippen molar-refractivity contribution in [1.82, 2.24) is 4.90 Å². The molecule has 1 saturated carbocycles. The molecular formula is C21H22BrN3O3. The van der Waals surface area contributed by atoms with Gasteiger partial charge in [-0.15, -0.1) is 0 Å². The third-order valence-electron chi connectivity index (χ3n) is 5.51. The molecule has 2 amide bonds. The number of rotatable bonds is 4. The minimum atomic E-state index is -0.602. The first-order valence-corrected chi connectivity index (χ1v) is 10.1. The predicted octanol–water partition coefficient (Wildman–Crippen LogP) is 3.85. The van der Waals surface area contributed by atoms with Crippen LogP contribution in [-0.4, -0.2) is 29.5 Å². The maximum Gasteiger partial charge on any atom is 0.410 e. The van der Waals surface area contributed by atoms with Crippen LogP contribution in [0.2, 0.25) is 0 Å². The van der Waals surface area contributed by atoms with Gasteiger partial charge in [0.25, 0.3) is 5.91 Å². The second kappa shape index (κ2) is 7.56. The van der Waals surface area contributed by atoms with Crippen LogP contribution in [0.4, 0.5) is 10.5 Å². The summed E-state index contributed by atoms with van der Waals surface area (Å²) in [4.78, 5) is 27.4. The van der Waals surface area contributed by atoms with E-state index in [0.717, 1.165) is 27.9 Å². The van der Waals surface area contributed by atoms with E-state index in [1.165, 1.54) is 0 Å². The average Bonchev–Trinajstić information content (AvgIpc) is 3.36. The number of anilines is 1. The maximum atomic E-state index is 13.1. The minimum Gasteiger partial charge on any atom is -0.445 e. The van der Waals surface area contributed by atoms with Crippen molar-refractivity contribution >= 4 is 33.6 Å². The summed E-state index contributed by atoms with van der Waals surface area (Å²) in [5.41, 5.74) is 1.53. The molecule has 1 unspecified atom stereocenters.